The van der Waals surface area contributed by atoms with E-state index in [4.69, 9.17) is 0 Å². The Kier molecular flexibility index (Phi) is 6.63. The van der Waals surface area contributed by atoms with Crippen molar-refractivity contribution in [2.75, 3.05) is 20.1 Å². The van der Waals surface area contributed by atoms with E-state index in [1.165, 1.54) is 0 Å². The highest BCUT2D eigenvalue weighted by Gasteiger charge is 2.31. The number of amides is 1. The highest BCUT2D eigenvalue weighted by molar-refractivity contribution is 7.89. The molecule has 2 rings (SSSR count). The highest BCUT2D eigenvalue weighted by Crippen LogP contribution is 2.26. The standard InChI is InChI=1S/C19H30N2O3S/c1-5-6-12-20(4)19(22)18-14-17(11-10-15(18)2)25(23,24)21-13-8-7-9-16(21)3/h10-11,14,16H,5-9,12-13H2,1-4H3. The average molecular weight is 367 g/mol. The Balaban J connectivity index is 2.33. The Morgan fingerprint density at radius 1 is 1.32 bits per heavy atom. The monoisotopic (exact) mass is 366 g/mol. The molecule has 1 aliphatic heterocycles. The quantitative estimate of drug-likeness (QED) is 0.775. The van der Waals surface area contributed by atoms with E-state index in [9.17, 15) is 13.2 Å². The molecule has 0 spiro atoms. The smallest absolute Gasteiger partial charge is 0.253 e. The van der Waals surface area contributed by atoms with E-state index >= 15 is 0 Å². The van der Waals surface area contributed by atoms with Gasteiger partial charge in [-0.1, -0.05) is 25.8 Å². The Morgan fingerprint density at radius 3 is 2.68 bits per heavy atom. The van der Waals surface area contributed by atoms with Gasteiger partial charge in [-0.15, -0.1) is 0 Å². The van der Waals surface area contributed by atoms with Gasteiger partial charge in [0.2, 0.25) is 10.0 Å². The molecular weight excluding hydrogens is 336 g/mol. The summed E-state index contributed by atoms with van der Waals surface area (Å²) in [6.45, 7) is 7.11. The number of hydrogen-bond acceptors (Lipinski definition) is 3. The van der Waals surface area contributed by atoms with E-state index in [-0.39, 0.29) is 16.8 Å². The third-order valence-electron chi connectivity index (χ3n) is 4.98. The molecule has 25 heavy (non-hydrogen) atoms. The number of unbranched alkanes of at least 4 members (excludes halogenated alkanes) is 1. The van der Waals surface area contributed by atoms with Crippen LogP contribution >= 0.6 is 0 Å². The van der Waals surface area contributed by atoms with Crippen molar-refractivity contribution in [2.24, 2.45) is 0 Å². The van der Waals surface area contributed by atoms with Gasteiger partial charge in [0.05, 0.1) is 4.90 Å². The summed E-state index contributed by atoms with van der Waals surface area (Å²) in [4.78, 5) is 14.6. The molecule has 0 N–H and O–H groups in total. The largest absolute Gasteiger partial charge is 0.342 e. The van der Waals surface area contributed by atoms with Gasteiger partial charge in [-0.3, -0.25) is 4.79 Å². The summed E-state index contributed by atoms with van der Waals surface area (Å²) >= 11 is 0. The molecule has 1 aromatic rings. The SMILES string of the molecule is CCCCN(C)C(=O)c1cc(S(=O)(=O)N2CCCCC2C)ccc1C. The number of aryl methyl sites for hydroxylation is 1. The number of carbonyl (C=O) groups excluding carboxylic acids is 1. The van der Waals surface area contributed by atoms with E-state index in [1.807, 2.05) is 13.8 Å². The molecule has 0 bridgehead atoms. The minimum atomic E-state index is -3.56. The summed E-state index contributed by atoms with van der Waals surface area (Å²) in [6, 6.07) is 4.92. The third-order valence-corrected chi connectivity index (χ3v) is 6.99. The second kappa shape index (κ2) is 8.32. The second-order valence-corrected chi connectivity index (χ2v) is 8.91. The van der Waals surface area contributed by atoms with Gasteiger partial charge in [-0.05, 0) is 50.8 Å². The van der Waals surface area contributed by atoms with Crippen molar-refractivity contribution in [1.29, 1.82) is 0 Å². The molecule has 140 valence electrons. The van der Waals surface area contributed by atoms with Gasteiger partial charge in [0.25, 0.3) is 5.91 Å². The van der Waals surface area contributed by atoms with Crippen molar-refractivity contribution >= 4 is 15.9 Å². The van der Waals surface area contributed by atoms with Crippen LogP contribution in [0.2, 0.25) is 0 Å². The normalized spacial score (nSPS) is 19.0. The van der Waals surface area contributed by atoms with E-state index in [2.05, 4.69) is 6.92 Å². The van der Waals surface area contributed by atoms with E-state index in [0.29, 0.717) is 18.7 Å². The zero-order valence-corrected chi connectivity index (χ0v) is 16.6. The average Bonchev–Trinajstić information content (AvgIpc) is 2.59. The molecular formula is C19H30N2O3S. The van der Waals surface area contributed by atoms with Crippen molar-refractivity contribution in [3.05, 3.63) is 29.3 Å². The predicted molar refractivity (Wildman–Crippen MR) is 100 cm³/mol. The number of sulfonamides is 1. The van der Waals surface area contributed by atoms with Crippen LogP contribution in [0, 0.1) is 6.92 Å². The van der Waals surface area contributed by atoms with Crippen LogP contribution < -0.4 is 0 Å². The molecule has 1 amide bonds. The fraction of sp³-hybridized carbons (Fsp3) is 0.632. The molecule has 0 saturated carbocycles. The first-order valence-corrected chi connectivity index (χ1v) is 10.6. The minimum Gasteiger partial charge on any atom is -0.342 e. The molecule has 1 atom stereocenters. The number of hydrogen-bond donors (Lipinski definition) is 0. The van der Waals surface area contributed by atoms with Gasteiger partial charge in [0.15, 0.2) is 0 Å². The molecule has 0 aliphatic carbocycles. The number of nitrogens with zero attached hydrogens (tertiary/aromatic N) is 2. The number of rotatable bonds is 6. The first kappa shape index (κ1) is 19.9. The zero-order chi connectivity index (χ0) is 18.6. The minimum absolute atomic E-state index is 0.00596. The van der Waals surface area contributed by atoms with Crippen molar-refractivity contribution < 1.29 is 13.2 Å². The Bertz CT molecular complexity index is 715. The fourth-order valence-corrected chi connectivity index (χ4v) is 4.98. The molecule has 1 heterocycles. The first-order chi connectivity index (χ1) is 11.8. The maximum atomic E-state index is 13.0. The maximum Gasteiger partial charge on any atom is 0.253 e. The zero-order valence-electron chi connectivity index (χ0n) is 15.8. The first-order valence-electron chi connectivity index (χ1n) is 9.17. The number of benzene rings is 1. The second-order valence-electron chi connectivity index (χ2n) is 7.02. The van der Waals surface area contributed by atoms with Crippen LogP contribution in [0.15, 0.2) is 23.1 Å². The van der Waals surface area contributed by atoms with Crippen molar-refractivity contribution in [1.82, 2.24) is 9.21 Å². The summed E-state index contributed by atoms with van der Waals surface area (Å²) in [6.07, 6.45) is 4.78. The van der Waals surface area contributed by atoms with Crippen LogP contribution in [0.3, 0.4) is 0 Å². The van der Waals surface area contributed by atoms with Crippen molar-refractivity contribution in [2.45, 2.75) is 63.8 Å². The van der Waals surface area contributed by atoms with Crippen LogP contribution in [-0.4, -0.2) is 49.7 Å². The Morgan fingerprint density at radius 2 is 2.04 bits per heavy atom. The molecule has 1 aromatic carbocycles. The highest BCUT2D eigenvalue weighted by atomic mass is 32.2. The third kappa shape index (κ3) is 4.42. The van der Waals surface area contributed by atoms with Crippen LogP contribution in [0.1, 0.15) is 61.9 Å². The molecule has 1 saturated heterocycles. The maximum absolute atomic E-state index is 13.0. The van der Waals surface area contributed by atoms with Gasteiger partial charge in [0, 0.05) is 31.7 Å². The summed E-state index contributed by atoms with van der Waals surface area (Å²) < 4.78 is 27.6. The van der Waals surface area contributed by atoms with Crippen LogP contribution in [0.5, 0.6) is 0 Å². The summed E-state index contributed by atoms with van der Waals surface area (Å²) in [5, 5.41) is 0. The number of carbonyl (C=O) groups is 1. The van der Waals surface area contributed by atoms with Crippen molar-refractivity contribution in [3.63, 3.8) is 0 Å². The lowest BCUT2D eigenvalue weighted by Crippen LogP contribution is -2.42. The lowest BCUT2D eigenvalue weighted by Gasteiger charge is -2.32. The van der Waals surface area contributed by atoms with Crippen molar-refractivity contribution in [3.8, 4) is 0 Å². The molecule has 5 nitrogen and oxygen atoms in total. The van der Waals surface area contributed by atoms with E-state index < -0.39 is 10.0 Å². The van der Waals surface area contributed by atoms with Crippen LogP contribution in [0.25, 0.3) is 0 Å². The summed E-state index contributed by atoms with van der Waals surface area (Å²) in [5.41, 5.74) is 1.28. The molecule has 1 fully saturated rings. The number of piperidine rings is 1. The summed E-state index contributed by atoms with van der Waals surface area (Å²) in [5.74, 6) is -0.116. The Labute approximate surface area is 152 Å². The van der Waals surface area contributed by atoms with Gasteiger partial charge >= 0.3 is 0 Å². The van der Waals surface area contributed by atoms with Crippen LogP contribution in [-0.2, 0) is 10.0 Å². The predicted octanol–water partition coefficient (Wildman–Crippen LogP) is 3.43. The molecule has 1 unspecified atom stereocenters. The molecule has 1 aliphatic rings. The van der Waals surface area contributed by atoms with Crippen LogP contribution in [0.4, 0.5) is 0 Å². The van der Waals surface area contributed by atoms with Gasteiger partial charge in [-0.25, -0.2) is 8.42 Å². The van der Waals surface area contributed by atoms with Gasteiger partial charge < -0.3 is 4.90 Å². The van der Waals surface area contributed by atoms with E-state index in [0.717, 1.165) is 37.7 Å². The van der Waals surface area contributed by atoms with Gasteiger partial charge in [-0.2, -0.15) is 4.31 Å². The fourth-order valence-electron chi connectivity index (χ4n) is 3.26. The lowest BCUT2D eigenvalue weighted by molar-refractivity contribution is 0.0792. The topological polar surface area (TPSA) is 57.7 Å². The Hall–Kier alpha value is -1.40. The lowest BCUT2D eigenvalue weighted by atomic mass is 10.1. The molecule has 0 radical (unpaired) electrons. The van der Waals surface area contributed by atoms with E-state index in [1.54, 1.807) is 34.5 Å². The summed E-state index contributed by atoms with van der Waals surface area (Å²) in [7, 11) is -1.79. The molecule has 0 aromatic heterocycles. The van der Waals surface area contributed by atoms with Gasteiger partial charge in [0.1, 0.15) is 0 Å². The molecule has 6 heteroatoms.